The van der Waals surface area contributed by atoms with Crippen molar-refractivity contribution in [2.75, 3.05) is 13.7 Å². The van der Waals surface area contributed by atoms with E-state index < -0.39 is 23.7 Å². The number of benzene rings is 1. The molecule has 1 aliphatic heterocycles. The van der Waals surface area contributed by atoms with Crippen LogP contribution in [0.3, 0.4) is 0 Å². The molecule has 1 aliphatic rings. The minimum Gasteiger partial charge on any atom is -0.465 e. The molecular weight excluding hydrogens is 348 g/mol. The Labute approximate surface area is 160 Å². The number of methoxy groups -OCH3 is 1. The second kappa shape index (κ2) is 8.88. The summed E-state index contributed by atoms with van der Waals surface area (Å²) in [5.41, 5.74) is 0.711. The van der Waals surface area contributed by atoms with Crippen molar-refractivity contribution >= 4 is 18.0 Å². The van der Waals surface area contributed by atoms with E-state index in [-0.39, 0.29) is 5.91 Å². The van der Waals surface area contributed by atoms with Crippen molar-refractivity contribution in [1.82, 2.24) is 10.2 Å². The fraction of sp³-hybridized carbons (Fsp3) is 0.550. The molecule has 0 unspecified atom stereocenters. The zero-order valence-electron chi connectivity index (χ0n) is 16.4. The van der Waals surface area contributed by atoms with Crippen molar-refractivity contribution in [3.05, 3.63) is 35.4 Å². The number of rotatable bonds is 4. The Bertz CT molecular complexity index is 679. The lowest BCUT2D eigenvalue weighted by atomic mass is 10.0. The summed E-state index contributed by atoms with van der Waals surface area (Å²) in [5.74, 6) is -0.599. The quantitative estimate of drug-likeness (QED) is 0.817. The molecule has 1 heterocycles. The molecule has 0 saturated carbocycles. The third kappa shape index (κ3) is 5.98. The van der Waals surface area contributed by atoms with E-state index in [1.54, 1.807) is 24.3 Å². The maximum atomic E-state index is 12.6. The van der Waals surface area contributed by atoms with Gasteiger partial charge in [0.25, 0.3) is 0 Å². The van der Waals surface area contributed by atoms with Crippen LogP contribution in [0.4, 0.5) is 4.79 Å². The molecular formula is C20H28N2O5. The Kier molecular flexibility index (Phi) is 6.82. The molecule has 1 aromatic carbocycles. The minimum absolute atomic E-state index is 0.197. The van der Waals surface area contributed by atoms with E-state index in [4.69, 9.17) is 4.74 Å². The second-order valence-corrected chi connectivity index (χ2v) is 7.59. The summed E-state index contributed by atoms with van der Waals surface area (Å²) in [6.45, 7) is 6.26. The van der Waals surface area contributed by atoms with E-state index in [0.717, 1.165) is 18.4 Å². The Morgan fingerprint density at radius 1 is 1.15 bits per heavy atom. The lowest BCUT2D eigenvalue weighted by molar-refractivity contribution is -0.127. The highest BCUT2D eigenvalue weighted by atomic mass is 16.6. The lowest BCUT2D eigenvalue weighted by Crippen LogP contribution is -2.52. The predicted octanol–water partition coefficient (Wildman–Crippen LogP) is 2.88. The highest BCUT2D eigenvalue weighted by Crippen LogP contribution is 2.20. The molecule has 0 bridgehead atoms. The van der Waals surface area contributed by atoms with Gasteiger partial charge in [-0.2, -0.15) is 0 Å². The molecule has 1 saturated heterocycles. The van der Waals surface area contributed by atoms with Crippen LogP contribution in [0.2, 0.25) is 0 Å². The average Bonchev–Trinajstić information content (AvgIpc) is 2.64. The van der Waals surface area contributed by atoms with Crippen LogP contribution < -0.4 is 5.32 Å². The highest BCUT2D eigenvalue weighted by molar-refractivity contribution is 5.89. The van der Waals surface area contributed by atoms with Gasteiger partial charge in [0.15, 0.2) is 0 Å². The summed E-state index contributed by atoms with van der Waals surface area (Å²) in [6.07, 6.45) is 1.92. The summed E-state index contributed by atoms with van der Waals surface area (Å²) in [7, 11) is 1.33. The third-order valence-corrected chi connectivity index (χ3v) is 4.28. The van der Waals surface area contributed by atoms with Crippen LogP contribution in [-0.4, -0.2) is 48.2 Å². The molecule has 1 atom stereocenters. The van der Waals surface area contributed by atoms with Gasteiger partial charge >= 0.3 is 12.1 Å². The van der Waals surface area contributed by atoms with Crippen molar-refractivity contribution < 1.29 is 23.9 Å². The molecule has 2 amide bonds. The number of likely N-dealkylation sites (tertiary alicyclic amines) is 1. The fourth-order valence-electron chi connectivity index (χ4n) is 2.93. The Balaban J connectivity index is 1.96. The van der Waals surface area contributed by atoms with E-state index in [1.165, 1.54) is 12.0 Å². The average molecular weight is 376 g/mol. The van der Waals surface area contributed by atoms with Crippen molar-refractivity contribution in [3.8, 4) is 0 Å². The minimum atomic E-state index is -0.600. The molecule has 0 radical (unpaired) electrons. The zero-order chi connectivity index (χ0) is 20.0. The first-order valence-electron chi connectivity index (χ1n) is 9.16. The number of amides is 2. The normalized spacial score (nSPS) is 17.2. The maximum Gasteiger partial charge on any atom is 0.410 e. The molecule has 1 N–H and O–H groups in total. The highest BCUT2D eigenvalue weighted by Gasteiger charge is 2.34. The molecule has 7 heteroatoms. The second-order valence-electron chi connectivity index (χ2n) is 7.59. The molecule has 0 spiro atoms. The summed E-state index contributed by atoms with van der Waals surface area (Å²) < 4.78 is 10.1. The van der Waals surface area contributed by atoms with Crippen LogP contribution in [0.25, 0.3) is 0 Å². The number of ether oxygens (including phenoxy) is 2. The van der Waals surface area contributed by atoms with Gasteiger partial charge in [0.05, 0.1) is 12.7 Å². The van der Waals surface area contributed by atoms with Gasteiger partial charge in [-0.3, -0.25) is 9.69 Å². The number of nitrogens with zero attached hydrogens (tertiary/aromatic N) is 1. The number of piperidine rings is 1. The SMILES string of the molecule is COC(=O)c1ccc(CNC(=O)[C@H]2CCCCN2C(=O)OC(C)(C)C)cc1. The first kappa shape index (κ1) is 20.7. The summed E-state index contributed by atoms with van der Waals surface area (Å²) in [6, 6.07) is 6.31. The molecule has 27 heavy (non-hydrogen) atoms. The van der Waals surface area contributed by atoms with E-state index in [1.807, 2.05) is 20.8 Å². The molecule has 2 rings (SSSR count). The van der Waals surface area contributed by atoms with Gasteiger partial charge in [-0.1, -0.05) is 12.1 Å². The van der Waals surface area contributed by atoms with Crippen LogP contribution in [0.5, 0.6) is 0 Å². The number of hydrogen-bond acceptors (Lipinski definition) is 5. The van der Waals surface area contributed by atoms with E-state index >= 15 is 0 Å². The zero-order valence-corrected chi connectivity index (χ0v) is 16.4. The van der Waals surface area contributed by atoms with Gasteiger partial charge in [0.2, 0.25) is 5.91 Å². The molecule has 1 aromatic rings. The van der Waals surface area contributed by atoms with Crippen LogP contribution in [0.1, 0.15) is 56.0 Å². The molecule has 0 aliphatic carbocycles. The molecule has 7 nitrogen and oxygen atoms in total. The number of nitrogens with one attached hydrogen (secondary N) is 1. The summed E-state index contributed by atoms with van der Waals surface area (Å²) >= 11 is 0. The predicted molar refractivity (Wildman–Crippen MR) is 100 cm³/mol. The topological polar surface area (TPSA) is 84.9 Å². The van der Waals surface area contributed by atoms with Gasteiger partial charge in [-0.05, 0) is 57.7 Å². The first-order chi connectivity index (χ1) is 12.7. The first-order valence-corrected chi connectivity index (χ1v) is 9.16. The van der Waals surface area contributed by atoms with Gasteiger partial charge in [-0.15, -0.1) is 0 Å². The van der Waals surface area contributed by atoms with Crippen molar-refractivity contribution in [1.29, 1.82) is 0 Å². The van der Waals surface area contributed by atoms with Crippen molar-refractivity contribution in [2.24, 2.45) is 0 Å². The summed E-state index contributed by atoms with van der Waals surface area (Å²) in [5, 5.41) is 2.87. The Morgan fingerprint density at radius 3 is 2.41 bits per heavy atom. The van der Waals surface area contributed by atoms with Crippen LogP contribution in [0, 0.1) is 0 Å². The largest absolute Gasteiger partial charge is 0.465 e. The Hall–Kier alpha value is -2.57. The summed E-state index contributed by atoms with van der Waals surface area (Å²) in [4.78, 5) is 38.0. The maximum absolute atomic E-state index is 12.6. The van der Waals surface area contributed by atoms with Gasteiger partial charge in [0, 0.05) is 13.1 Å². The van der Waals surface area contributed by atoms with E-state index in [9.17, 15) is 14.4 Å². The molecule has 1 fully saturated rings. The number of hydrogen-bond donors (Lipinski definition) is 1. The smallest absolute Gasteiger partial charge is 0.410 e. The number of esters is 1. The van der Waals surface area contributed by atoms with Gasteiger partial charge in [-0.25, -0.2) is 9.59 Å². The lowest BCUT2D eigenvalue weighted by Gasteiger charge is -2.35. The monoisotopic (exact) mass is 376 g/mol. The van der Waals surface area contributed by atoms with E-state index in [0.29, 0.717) is 25.1 Å². The number of carbonyl (C=O) groups excluding carboxylic acids is 3. The van der Waals surface area contributed by atoms with Gasteiger partial charge in [0.1, 0.15) is 11.6 Å². The van der Waals surface area contributed by atoms with E-state index in [2.05, 4.69) is 10.1 Å². The Morgan fingerprint density at radius 2 is 1.81 bits per heavy atom. The van der Waals surface area contributed by atoms with Crippen LogP contribution >= 0.6 is 0 Å². The van der Waals surface area contributed by atoms with Crippen molar-refractivity contribution in [2.45, 2.75) is 58.2 Å². The fourth-order valence-corrected chi connectivity index (χ4v) is 2.93. The van der Waals surface area contributed by atoms with Crippen LogP contribution in [-0.2, 0) is 20.8 Å². The van der Waals surface area contributed by atoms with Gasteiger partial charge < -0.3 is 14.8 Å². The molecule has 148 valence electrons. The standard InChI is InChI=1S/C20H28N2O5/c1-20(2,3)27-19(25)22-12-6-5-7-16(22)17(23)21-13-14-8-10-15(11-9-14)18(24)26-4/h8-11,16H,5-7,12-13H2,1-4H3,(H,21,23)/t16-/m1/s1. The molecule has 0 aromatic heterocycles. The van der Waals surface area contributed by atoms with Crippen LogP contribution in [0.15, 0.2) is 24.3 Å². The third-order valence-electron chi connectivity index (χ3n) is 4.28. The van der Waals surface area contributed by atoms with Crippen molar-refractivity contribution in [3.63, 3.8) is 0 Å². The number of carbonyl (C=O) groups is 3.